The number of anilines is 1. The van der Waals surface area contributed by atoms with Gasteiger partial charge >= 0.3 is 0 Å². The van der Waals surface area contributed by atoms with E-state index in [2.05, 4.69) is 69.1 Å². The normalized spacial score (nSPS) is 17.9. The molecule has 1 N–H and O–H groups in total. The van der Waals surface area contributed by atoms with E-state index in [4.69, 9.17) is 4.74 Å². The first kappa shape index (κ1) is 21.9. The first-order valence-corrected chi connectivity index (χ1v) is 10.6. The maximum absolute atomic E-state index is 12.5. The van der Waals surface area contributed by atoms with Crippen molar-refractivity contribution >= 4 is 17.8 Å². The minimum absolute atomic E-state index is 0.116. The number of hydrogen-bond acceptors (Lipinski definition) is 4. The average Bonchev–Trinajstić information content (AvgIpc) is 2.67. The Morgan fingerprint density at radius 3 is 2.67 bits per heavy atom. The van der Waals surface area contributed by atoms with Crippen LogP contribution >= 0.6 is 0 Å². The van der Waals surface area contributed by atoms with E-state index in [1.165, 1.54) is 11.3 Å². The molecule has 0 aliphatic carbocycles. The molecule has 160 valence electrons. The van der Waals surface area contributed by atoms with Crippen LogP contribution in [0.2, 0.25) is 0 Å². The average molecular weight is 408 g/mol. The van der Waals surface area contributed by atoms with Gasteiger partial charge in [-0.3, -0.25) is 4.79 Å². The van der Waals surface area contributed by atoms with E-state index in [-0.39, 0.29) is 11.4 Å². The third-order valence-electron chi connectivity index (χ3n) is 5.90. The van der Waals surface area contributed by atoms with Crippen molar-refractivity contribution in [3.8, 4) is 5.75 Å². The predicted molar refractivity (Wildman–Crippen MR) is 124 cm³/mol. The second-order valence-electron chi connectivity index (χ2n) is 9.05. The zero-order chi connectivity index (χ0) is 22.1. The van der Waals surface area contributed by atoms with Crippen LogP contribution < -0.4 is 15.1 Å². The van der Waals surface area contributed by atoms with Crippen LogP contribution in [-0.2, 0) is 0 Å². The van der Waals surface area contributed by atoms with Gasteiger partial charge in [-0.2, -0.15) is 5.10 Å². The number of hydrogen-bond donors (Lipinski definition) is 1. The van der Waals surface area contributed by atoms with Crippen molar-refractivity contribution < 1.29 is 9.53 Å². The molecular weight excluding hydrogens is 374 g/mol. The number of nitrogens with zero attached hydrogens (tertiary/aromatic N) is 2. The van der Waals surface area contributed by atoms with Gasteiger partial charge in [0.1, 0.15) is 5.75 Å². The largest absolute Gasteiger partial charge is 0.496 e. The summed E-state index contributed by atoms with van der Waals surface area (Å²) in [6, 6.07) is 12.0. The van der Waals surface area contributed by atoms with Gasteiger partial charge in [0.15, 0.2) is 0 Å². The third-order valence-corrected chi connectivity index (χ3v) is 5.90. The van der Waals surface area contributed by atoms with Gasteiger partial charge in [-0.1, -0.05) is 19.1 Å². The van der Waals surface area contributed by atoms with Gasteiger partial charge in [0.25, 0.3) is 5.91 Å². The zero-order valence-corrected chi connectivity index (χ0v) is 19.1. The predicted octanol–water partition coefficient (Wildman–Crippen LogP) is 5.27. The maximum Gasteiger partial charge on any atom is 0.275 e. The molecule has 1 amide bonds. The molecule has 1 heterocycles. The Hall–Kier alpha value is -2.82. The standard InChI is InChI=1S/C25H33N3O2/c1-16(2)28-22-12-17(3)19(13-21(22)18(4)14-25(28,5)6)15-26-27-24(29)20-10-8-9-11-23(20)30-7/h8-13,15-16,18H,14H2,1-7H3,(H,27,29)/b26-15-/t18-/m0/s1. The summed E-state index contributed by atoms with van der Waals surface area (Å²) in [6.45, 7) is 13.5. The molecule has 2 aromatic rings. The monoisotopic (exact) mass is 407 g/mol. The molecule has 1 atom stereocenters. The van der Waals surface area contributed by atoms with Crippen LogP contribution in [0.5, 0.6) is 5.75 Å². The van der Waals surface area contributed by atoms with Gasteiger partial charge < -0.3 is 9.64 Å². The lowest BCUT2D eigenvalue weighted by Gasteiger charge is -2.50. The molecule has 0 bridgehead atoms. The quantitative estimate of drug-likeness (QED) is 0.543. The lowest BCUT2D eigenvalue weighted by molar-refractivity contribution is 0.0952. The van der Waals surface area contributed by atoms with Gasteiger partial charge in [-0.15, -0.1) is 0 Å². The summed E-state index contributed by atoms with van der Waals surface area (Å²) in [5, 5.41) is 4.22. The Morgan fingerprint density at radius 2 is 2.00 bits per heavy atom. The molecule has 0 spiro atoms. The van der Waals surface area contributed by atoms with Crippen LogP contribution in [0, 0.1) is 6.92 Å². The van der Waals surface area contributed by atoms with E-state index in [1.54, 1.807) is 31.5 Å². The fourth-order valence-corrected chi connectivity index (χ4v) is 4.78. The van der Waals surface area contributed by atoms with E-state index in [9.17, 15) is 4.79 Å². The Kier molecular flexibility index (Phi) is 6.20. The molecule has 5 heteroatoms. The van der Waals surface area contributed by atoms with Gasteiger partial charge in [-0.05, 0) is 87.9 Å². The molecule has 3 rings (SSSR count). The lowest BCUT2D eigenvalue weighted by Crippen LogP contribution is -2.51. The summed E-state index contributed by atoms with van der Waals surface area (Å²) in [5.74, 6) is 0.696. The molecule has 0 saturated carbocycles. The number of aryl methyl sites for hydroxylation is 1. The summed E-state index contributed by atoms with van der Waals surface area (Å²) in [4.78, 5) is 15.0. The fraction of sp³-hybridized carbons (Fsp3) is 0.440. The highest BCUT2D eigenvalue weighted by Crippen LogP contribution is 2.45. The van der Waals surface area contributed by atoms with Crippen LogP contribution in [-0.4, -0.2) is 30.8 Å². The van der Waals surface area contributed by atoms with E-state index in [0.717, 1.165) is 17.5 Å². The number of ether oxygens (including phenoxy) is 1. The molecule has 0 radical (unpaired) electrons. The van der Waals surface area contributed by atoms with Crippen molar-refractivity contribution in [3.63, 3.8) is 0 Å². The van der Waals surface area contributed by atoms with Crippen LogP contribution in [0.1, 0.15) is 74.0 Å². The van der Waals surface area contributed by atoms with E-state index in [0.29, 0.717) is 23.3 Å². The first-order chi connectivity index (χ1) is 14.2. The molecule has 30 heavy (non-hydrogen) atoms. The highest BCUT2D eigenvalue weighted by atomic mass is 16.5. The zero-order valence-electron chi connectivity index (χ0n) is 19.1. The third kappa shape index (κ3) is 4.20. The highest BCUT2D eigenvalue weighted by molar-refractivity contribution is 5.97. The van der Waals surface area contributed by atoms with Gasteiger partial charge in [-0.25, -0.2) is 5.43 Å². The molecule has 0 saturated heterocycles. The molecule has 5 nitrogen and oxygen atoms in total. The summed E-state index contributed by atoms with van der Waals surface area (Å²) in [6.07, 6.45) is 2.83. The molecule has 0 unspecified atom stereocenters. The molecule has 0 fully saturated rings. The number of methoxy groups -OCH3 is 1. The van der Waals surface area contributed by atoms with E-state index < -0.39 is 0 Å². The van der Waals surface area contributed by atoms with E-state index in [1.807, 2.05) is 6.07 Å². The number of fused-ring (bicyclic) bond motifs is 1. The SMILES string of the molecule is COc1ccccc1C(=O)N/N=C\c1cc2c(cc1C)N(C(C)C)C(C)(C)C[C@@H]2C. The minimum Gasteiger partial charge on any atom is -0.496 e. The lowest BCUT2D eigenvalue weighted by atomic mass is 9.78. The Balaban J connectivity index is 1.86. The molecular formula is C25H33N3O2. The summed E-state index contributed by atoms with van der Waals surface area (Å²) >= 11 is 0. The Labute approximate surface area is 180 Å². The molecule has 1 aliphatic heterocycles. The first-order valence-electron chi connectivity index (χ1n) is 10.6. The minimum atomic E-state index is -0.291. The van der Waals surface area contributed by atoms with Crippen LogP contribution in [0.25, 0.3) is 0 Å². The number of rotatable bonds is 5. The molecule has 2 aromatic carbocycles. The van der Waals surface area contributed by atoms with Crippen LogP contribution in [0.4, 0.5) is 5.69 Å². The van der Waals surface area contributed by atoms with Crippen molar-refractivity contribution in [1.82, 2.24) is 5.43 Å². The van der Waals surface area contributed by atoms with Crippen molar-refractivity contribution in [2.45, 2.75) is 65.5 Å². The molecule has 1 aliphatic rings. The van der Waals surface area contributed by atoms with Crippen molar-refractivity contribution in [2.24, 2.45) is 5.10 Å². The number of para-hydroxylation sites is 1. The smallest absolute Gasteiger partial charge is 0.275 e. The summed E-state index contributed by atoms with van der Waals surface area (Å²) < 4.78 is 5.25. The highest BCUT2D eigenvalue weighted by Gasteiger charge is 2.37. The summed E-state index contributed by atoms with van der Waals surface area (Å²) in [5.41, 5.74) is 8.00. The fourth-order valence-electron chi connectivity index (χ4n) is 4.78. The summed E-state index contributed by atoms with van der Waals surface area (Å²) in [7, 11) is 1.55. The van der Waals surface area contributed by atoms with Gasteiger partial charge in [0, 0.05) is 17.3 Å². The van der Waals surface area contributed by atoms with Crippen molar-refractivity contribution in [3.05, 3.63) is 58.7 Å². The van der Waals surface area contributed by atoms with Crippen LogP contribution in [0.15, 0.2) is 41.5 Å². The Bertz CT molecular complexity index is 963. The number of hydrazone groups is 1. The number of carbonyl (C=O) groups is 1. The van der Waals surface area contributed by atoms with Gasteiger partial charge in [0.2, 0.25) is 0 Å². The molecule has 0 aromatic heterocycles. The van der Waals surface area contributed by atoms with Gasteiger partial charge in [0.05, 0.1) is 18.9 Å². The maximum atomic E-state index is 12.5. The number of carbonyl (C=O) groups excluding carboxylic acids is 1. The Morgan fingerprint density at radius 1 is 1.30 bits per heavy atom. The van der Waals surface area contributed by atoms with Crippen molar-refractivity contribution in [2.75, 3.05) is 12.0 Å². The second kappa shape index (κ2) is 8.50. The second-order valence-corrected chi connectivity index (χ2v) is 9.05. The number of amides is 1. The van der Waals surface area contributed by atoms with Crippen molar-refractivity contribution in [1.29, 1.82) is 0 Å². The van der Waals surface area contributed by atoms with E-state index >= 15 is 0 Å². The van der Waals surface area contributed by atoms with Crippen LogP contribution in [0.3, 0.4) is 0 Å². The topological polar surface area (TPSA) is 53.9 Å². The number of benzene rings is 2. The number of nitrogens with one attached hydrogen (secondary N) is 1.